The third kappa shape index (κ3) is 5.69. The topological polar surface area (TPSA) is 77.5 Å². The molecule has 1 aliphatic rings. The molecular formula is C26H28N3NaO3. The summed E-state index contributed by atoms with van der Waals surface area (Å²) in [6.07, 6.45) is 3.83. The van der Waals surface area contributed by atoms with E-state index in [9.17, 15) is 9.90 Å². The Labute approximate surface area is 217 Å². The number of carbonyl (C=O) groups excluding carboxylic acids is 1. The van der Waals surface area contributed by atoms with Crippen LogP contribution in [0, 0.1) is 0 Å². The monoisotopic (exact) mass is 453 g/mol. The van der Waals surface area contributed by atoms with Crippen molar-refractivity contribution in [2.45, 2.75) is 32.1 Å². The second-order valence-corrected chi connectivity index (χ2v) is 8.45. The van der Waals surface area contributed by atoms with E-state index >= 15 is 0 Å². The normalized spacial score (nSPS) is 14.6. The predicted octanol–water partition coefficient (Wildman–Crippen LogP) is 1.32. The van der Waals surface area contributed by atoms with Crippen molar-refractivity contribution in [1.82, 2.24) is 4.98 Å². The standard InChI is InChI=1S/C26H29N3O3.Na/c1-17(2)18-4-6-20(7-5-18)29(3)21-8-9-22-19(11-13-32-25(22)14-21)15-28-24-16-27-12-10-23(24)26(30)31;/h4-10,12,14,16-17,19,28H,11,13,15H2,1-3H3,(H,30,31);/q;+1/p-1/t19-;/m0./s1. The molecule has 2 heterocycles. The second-order valence-electron chi connectivity index (χ2n) is 8.45. The minimum atomic E-state index is -1.21. The summed E-state index contributed by atoms with van der Waals surface area (Å²) in [5.74, 6) is 0.374. The molecule has 0 bridgehead atoms. The Kier molecular flexibility index (Phi) is 8.40. The van der Waals surface area contributed by atoms with Gasteiger partial charge in [-0.2, -0.15) is 0 Å². The third-order valence-electron chi connectivity index (χ3n) is 6.08. The molecule has 0 unspecified atom stereocenters. The zero-order valence-corrected chi connectivity index (χ0v) is 21.7. The van der Waals surface area contributed by atoms with E-state index in [4.69, 9.17) is 4.74 Å². The summed E-state index contributed by atoms with van der Waals surface area (Å²) < 4.78 is 5.97. The molecule has 0 saturated heterocycles. The number of nitrogens with zero attached hydrogens (tertiary/aromatic N) is 2. The first-order chi connectivity index (χ1) is 15.4. The molecule has 7 heteroatoms. The molecule has 0 fully saturated rings. The van der Waals surface area contributed by atoms with Gasteiger partial charge in [0, 0.05) is 48.7 Å². The fraction of sp³-hybridized carbons (Fsp3) is 0.308. The predicted molar refractivity (Wildman–Crippen MR) is 125 cm³/mol. The van der Waals surface area contributed by atoms with Gasteiger partial charge >= 0.3 is 29.6 Å². The van der Waals surface area contributed by atoms with Gasteiger partial charge in [-0.15, -0.1) is 0 Å². The number of hydrogen-bond acceptors (Lipinski definition) is 6. The van der Waals surface area contributed by atoms with Crippen LogP contribution in [0.1, 0.15) is 53.6 Å². The number of ether oxygens (including phenoxy) is 1. The molecule has 0 spiro atoms. The zero-order valence-electron chi connectivity index (χ0n) is 19.7. The smallest absolute Gasteiger partial charge is 0.545 e. The number of rotatable bonds is 7. The summed E-state index contributed by atoms with van der Waals surface area (Å²) in [7, 11) is 2.05. The van der Waals surface area contributed by atoms with Crippen LogP contribution in [0.15, 0.2) is 60.9 Å². The van der Waals surface area contributed by atoms with Gasteiger partial charge in [0.1, 0.15) is 5.75 Å². The van der Waals surface area contributed by atoms with Gasteiger partial charge in [0.25, 0.3) is 0 Å². The maximum Gasteiger partial charge on any atom is 1.00 e. The number of fused-ring (bicyclic) bond motifs is 1. The zero-order chi connectivity index (χ0) is 22.7. The van der Waals surface area contributed by atoms with Crippen LogP contribution in [0.2, 0.25) is 0 Å². The molecule has 2 aromatic carbocycles. The van der Waals surface area contributed by atoms with Gasteiger partial charge < -0.3 is 24.9 Å². The minimum Gasteiger partial charge on any atom is -0.545 e. The van der Waals surface area contributed by atoms with Crippen molar-refractivity contribution in [3.05, 3.63) is 77.6 Å². The van der Waals surface area contributed by atoms with Crippen LogP contribution >= 0.6 is 0 Å². The van der Waals surface area contributed by atoms with Gasteiger partial charge in [0.05, 0.1) is 24.5 Å². The maximum absolute atomic E-state index is 11.3. The first-order valence-electron chi connectivity index (χ1n) is 10.9. The number of pyridine rings is 1. The van der Waals surface area contributed by atoms with Crippen molar-refractivity contribution in [1.29, 1.82) is 0 Å². The maximum atomic E-state index is 11.3. The summed E-state index contributed by atoms with van der Waals surface area (Å²) in [5, 5.41) is 14.6. The fourth-order valence-corrected chi connectivity index (χ4v) is 4.05. The van der Waals surface area contributed by atoms with E-state index in [1.807, 2.05) is 0 Å². The summed E-state index contributed by atoms with van der Waals surface area (Å²) >= 11 is 0. The number of carboxylic acids is 1. The molecule has 0 radical (unpaired) electrons. The number of carboxylic acid groups (broad SMARTS) is 1. The van der Waals surface area contributed by atoms with Gasteiger partial charge in [0.2, 0.25) is 0 Å². The van der Waals surface area contributed by atoms with Crippen molar-refractivity contribution in [2.24, 2.45) is 0 Å². The van der Waals surface area contributed by atoms with E-state index < -0.39 is 5.97 Å². The molecule has 166 valence electrons. The van der Waals surface area contributed by atoms with Gasteiger partial charge in [0.15, 0.2) is 0 Å². The minimum absolute atomic E-state index is 0. The van der Waals surface area contributed by atoms with E-state index in [1.165, 1.54) is 24.0 Å². The Bertz CT molecular complexity index is 1100. The first-order valence-corrected chi connectivity index (χ1v) is 10.9. The van der Waals surface area contributed by atoms with Crippen LogP contribution in [-0.2, 0) is 0 Å². The van der Waals surface area contributed by atoms with Crippen LogP contribution in [-0.4, -0.2) is 31.2 Å². The summed E-state index contributed by atoms with van der Waals surface area (Å²) in [6, 6.07) is 16.4. The van der Waals surface area contributed by atoms with E-state index in [-0.39, 0.29) is 41.0 Å². The van der Waals surface area contributed by atoms with Crippen molar-refractivity contribution in [3.8, 4) is 5.75 Å². The number of benzene rings is 2. The number of aromatic nitrogens is 1. The van der Waals surface area contributed by atoms with E-state index in [0.717, 1.165) is 29.1 Å². The van der Waals surface area contributed by atoms with Gasteiger partial charge in [-0.1, -0.05) is 32.0 Å². The van der Waals surface area contributed by atoms with Crippen LogP contribution in [0.4, 0.5) is 17.1 Å². The largest absolute Gasteiger partial charge is 1.00 e. The molecule has 3 aromatic rings. The quantitative estimate of drug-likeness (QED) is 0.544. The van der Waals surface area contributed by atoms with Crippen molar-refractivity contribution >= 4 is 23.0 Å². The molecule has 1 aromatic heterocycles. The summed E-state index contributed by atoms with van der Waals surface area (Å²) in [4.78, 5) is 17.5. The molecule has 33 heavy (non-hydrogen) atoms. The molecule has 4 rings (SSSR count). The van der Waals surface area contributed by atoms with Crippen LogP contribution < -0.4 is 49.6 Å². The molecule has 1 aliphatic heterocycles. The Morgan fingerprint density at radius 2 is 1.91 bits per heavy atom. The first kappa shape index (κ1) is 25.1. The van der Waals surface area contributed by atoms with Gasteiger partial charge in [-0.25, -0.2) is 0 Å². The molecule has 0 saturated carbocycles. The SMILES string of the molecule is CC(C)c1ccc(N(C)c2ccc3c(c2)OCC[C@H]3CNc2cnccc2C(=O)[O-])cc1.[Na+]. The van der Waals surface area contributed by atoms with Crippen molar-refractivity contribution < 1.29 is 44.2 Å². The van der Waals surface area contributed by atoms with Gasteiger partial charge in [-0.3, -0.25) is 4.98 Å². The average molecular weight is 454 g/mol. The number of anilines is 3. The van der Waals surface area contributed by atoms with E-state index in [2.05, 4.69) is 78.6 Å². The number of nitrogens with one attached hydrogen (secondary N) is 1. The van der Waals surface area contributed by atoms with Crippen molar-refractivity contribution in [3.63, 3.8) is 0 Å². The number of hydrogen-bond donors (Lipinski definition) is 1. The number of aromatic carboxylic acids is 1. The Morgan fingerprint density at radius 1 is 1.18 bits per heavy atom. The van der Waals surface area contributed by atoms with Crippen LogP contribution in [0.25, 0.3) is 0 Å². The van der Waals surface area contributed by atoms with E-state index in [0.29, 0.717) is 24.8 Å². The Hall–Kier alpha value is -2.54. The molecular weight excluding hydrogens is 425 g/mol. The van der Waals surface area contributed by atoms with Crippen molar-refractivity contribution in [2.75, 3.05) is 30.4 Å². The second kappa shape index (κ2) is 11.1. The summed E-state index contributed by atoms with van der Waals surface area (Å²) in [6.45, 7) is 5.60. The molecule has 1 N–H and O–H groups in total. The Balaban J connectivity index is 0.00000306. The van der Waals surface area contributed by atoms with Gasteiger partial charge in [-0.05, 0) is 47.7 Å². The molecule has 1 atom stereocenters. The van der Waals surface area contributed by atoms with E-state index in [1.54, 1.807) is 0 Å². The van der Waals surface area contributed by atoms with Crippen LogP contribution in [0.3, 0.4) is 0 Å². The average Bonchev–Trinajstić information content (AvgIpc) is 2.82. The third-order valence-corrected chi connectivity index (χ3v) is 6.08. The molecule has 6 nitrogen and oxygen atoms in total. The van der Waals surface area contributed by atoms with Crippen LogP contribution in [0.5, 0.6) is 5.75 Å². The molecule has 0 aliphatic carbocycles. The fourth-order valence-electron chi connectivity index (χ4n) is 4.05. The summed E-state index contributed by atoms with van der Waals surface area (Å²) in [5.41, 5.74) is 5.21. The Morgan fingerprint density at radius 3 is 2.61 bits per heavy atom. The number of carbonyl (C=O) groups is 1. The molecule has 0 amide bonds.